The predicted octanol–water partition coefficient (Wildman–Crippen LogP) is 2.43. The molecule has 2 rings (SSSR count). The van der Waals surface area contributed by atoms with Crippen molar-refractivity contribution in [1.29, 1.82) is 0 Å². The molecule has 0 spiro atoms. The fourth-order valence-electron chi connectivity index (χ4n) is 1.70. The molecule has 0 unspecified atom stereocenters. The third kappa shape index (κ3) is 2.53. The number of benzene rings is 1. The molecule has 0 aliphatic rings. The molecule has 0 fully saturated rings. The Morgan fingerprint density at radius 2 is 2.10 bits per heavy atom. The van der Waals surface area contributed by atoms with Gasteiger partial charge in [0.1, 0.15) is 11.4 Å². The van der Waals surface area contributed by atoms with Gasteiger partial charge in [-0.2, -0.15) is 9.78 Å². The molecule has 106 valence electrons. The summed E-state index contributed by atoms with van der Waals surface area (Å²) in [5.41, 5.74) is -0.932. The minimum Gasteiger partial charge on any atom is -0.508 e. The largest absolute Gasteiger partial charge is 0.508 e. The smallest absolute Gasteiger partial charge is 0.435 e. The number of nitro groups is 1. The Morgan fingerprint density at radius 3 is 2.65 bits per heavy atom. The molecule has 0 amide bonds. The minimum atomic E-state index is -0.771. The summed E-state index contributed by atoms with van der Waals surface area (Å²) in [4.78, 5) is 22.2. The van der Waals surface area contributed by atoms with Crippen LogP contribution in [0, 0.1) is 10.1 Å². The summed E-state index contributed by atoms with van der Waals surface area (Å²) >= 11 is 0. The number of fused-ring (bicyclic) bond motifs is 1. The minimum absolute atomic E-state index is 0.117. The van der Waals surface area contributed by atoms with Gasteiger partial charge in [0.05, 0.1) is 28.1 Å². The molecule has 0 bridgehead atoms. The molecule has 0 saturated carbocycles. The van der Waals surface area contributed by atoms with Crippen LogP contribution in [0.15, 0.2) is 18.3 Å². The lowest BCUT2D eigenvalue weighted by molar-refractivity contribution is -0.383. The highest BCUT2D eigenvalue weighted by Crippen LogP contribution is 2.30. The van der Waals surface area contributed by atoms with E-state index in [0.717, 1.165) is 10.7 Å². The fourth-order valence-corrected chi connectivity index (χ4v) is 1.70. The molecule has 0 aliphatic heterocycles. The molecule has 0 aliphatic carbocycles. The lowest BCUT2D eigenvalue weighted by Gasteiger charge is -2.19. The SMILES string of the molecule is CC(C)(C)OC(=O)n1ncc2c([N+](=O)[O-])cc(O)cc21. The highest BCUT2D eigenvalue weighted by Gasteiger charge is 2.23. The Balaban J connectivity index is 2.57. The number of ether oxygens (including phenoxy) is 1. The van der Waals surface area contributed by atoms with Crippen molar-refractivity contribution in [3.05, 3.63) is 28.4 Å². The standard InChI is InChI=1S/C12H13N3O5/c1-12(2,3)20-11(17)14-9-4-7(16)5-10(15(18)19)8(9)6-13-14/h4-6,16H,1-3H3. The molecule has 8 nitrogen and oxygen atoms in total. The van der Waals surface area contributed by atoms with Crippen LogP contribution in [0.4, 0.5) is 10.5 Å². The van der Waals surface area contributed by atoms with Crippen molar-refractivity contribution in [3.8, 4) is 5.75 Å². The molecule has 2 aromatic rings. The van der Waals surface area contributed by atoms with E-state index in [2.05, 4.69) is 5.10 Å². The summed E-state index contributed by atoms with van der Waals surface area (Å²) in [7, 11) is 0. The number of nitrogens with zero attached hydrogens (tertiary/aromatic N) is 3. The van der Waals surface area contributed by atoms with E-state index in [9.17, 15) is 20.0 Å². The lowest BCUT2D eigenvalue weighted by Crippen LogP contribution is -2.27. The number of nitro benzene ring substituents is 1. The topological polar surface area (TPSA) is 107 Å². The first-order valence-corrected chi connectivity index (χ1v) is 5.77. The Labute approximate surface area is 113 Å². The molecule has 0 atom stereocenters. The molecule has 8 heteroatoms. The highest BCUT2D eigenvalue weighted by atomic mass is 16.6. The van der Waals surface area contributed by atoms with Gasteiger partial charge in [0.2, 0.25) is 0 Å². The Morgan fingerprint density at radius 1 is 1.45 bits per heavy atom. The van der Waals surface area contributed by atoms with Gasteiger partial charge in [-0.1, -0.05) is 0 Å². The first kappa shape index (κ1) is 13.8. The zero-order chi connectivity index (χ0) is 15.1. The number of hydrogen-bond acceptors (Lipinski definition) is 6. The summed E-state index contributed by atoms with van der Waals surface area (Å²) in [6.07, 6.45) is 0.420. The van der Waals surface area contributed by atoms with E-state index in [1.54, 1.807) is 20.8 Å². The van der Waals surface area contributed by atoms with Crippen LogP contribution in [0.5, 0.6) is 5.75 Å². The van der Waals surface area contributed by atoms with Gasteiger partial charge in [-0.15, -0.1) is 0 Å². The van der Waals surface area contributed by atoms with Gasteiger partial charge in [-0.3, -0.25) is 10.1 Å². The third-order valence-electron chi connectivity index (χ3n) is 2.41. The first-order chi connectivity index (χ1) is 9.19. The zero-order valence-electron chi connectivity index (χ0n) is 11.2. The van der Waals surface area contributed by atoms with Gasteiger partial charge in [0.25, 0.3) is 5.69 Å². The number of non-ortho nitro benzene ring substituents is 1. The molecule has 1 N–H and O–H groups in total. The Hall–Kier alpha value is -2.64. The van der Waals surface area contributed by atoms with Crippen LogP contribution in [0.1, 0.15) is 20.8 Å². The van der Waals surface area contributed by atoms with Crippen molar-refractivity contribution in [2.75, 3.05) is 0 Å². The fraction of sp³-hybridized carbons (Fsp3) is 0.333. The van der Waals surface area contributed by atoms with E-state index in [0.29, 0.717) is 0 Å². The van der Waals surface area contributed by atoms with Gasteiger partial charge >= 0.3 is 6.09 Å². The molecule has 0 radical (unpaired) electrons. The van der Waals surface area contributed by atoms with E-state index in [1.807, 2.05) is 0 Å². The van der Waals surface area contributed by atoms with Crippen molar-refractivity contribution in [3.63, 3.8) is 0 Å². The van der Waals surface area contributed by atoms with E-state index >= 15 is 0 Å². The molecule has 20 heavy (non-hydrogen) atoms. The number of rotatable bonds is 1. The maximum absolute atomic E-state index is 12.0. The monoisotopic (exact) mass is 279 g/mol. The lowest BCUT2D eigenvalue weighted by atomic mass is 10.2. The number of carbonyl (C=O) groups is 1. The van der Waals surface area contributed by atoms with Crippen molar-refractivity contribution >= 4 is 22.7 Å². The highest BCUT2D eigenvalue weighted by molar-refractivity contribution is 5.94. The van der Waals surface area contributed by atoms with Crippen LogP contribution in [0.3, 0.4) is 0 Å². The van der Waals surface area contributed by atoms with E-state index in [1.165, 1.54) is 12.3 Å². The van der Waals surface area contributed by atoms with E-state index in [4.69, 9.17) is 4.74 Å². The maximum atomic E-state index is 12.0. The second-order valence-corrected chi connectivity index (χ2v) is 5.19. The molecular weight excluding hydrogens is 266 g/mol. The van der Waals surface area contributed by atoms with Gasteiger partial charge in [0.15, 0.2) is 0 Å². The summed E-state index contributed by atoms with van der Waals surface area (Å²) < 4.78 is 6.02. The number of aromatic hydroxyl groups is 1. The van der Waals surface area contributed by atoms with Crippen LogP contribution in [0.2, 0.25) is 0 Å². The van der Waals surface area contributed by atoms with Crippen molar-refractivity contribution < 1.29 is 19.6 Å². The molecule has 1 heterocycles. The van der Waals surface area contributed by atoms with Crippen LogP contribution in [-0.2, 0) is 4.74 Å². The molecule has 0 saturated heterocycles. The van der Waals surface area contributed by atoms with Gasteiger partial charge in [-0.25, -0.2) is 4.79 Å². The number of hydrogen-bond donors (Lipinski definition) is 1. The molecular formula is C12H13N3O5. The van der Waals surface area contributed by atoms with E-state index < -0.39 is 16.6 Å². The van der Waals surface area contributed by atoms with Crippen LogP contribution < -0.4 is 0 Å². The van der Waals surface area contributed by atoms with Crippen molar-refractivity contribution in [1.82, 2.24) is 9.78 Å². The molecule has 1 aromatic carbocycles. The third-order valence-corrected chi connectivity index (χ3v) is 2.41. The number of phenols is 1. The summed E-state index contributed by atoms with van der Waals surface area (Å²) in [6, 6.07) is 2.22. The van der Waals surface area contributed by atoms with Gasteiger partial charge in [0, 0.05) is 6.07 Å². The number of aromatic nitrogens is 2. The predicted molar refractivity (Wildman–Crippen MR) is 69.7 cm³/mol. The average Bonchev–Trinajstić information content (AvgIpc) is 2.68. The zero-order valence-corrected chi connectivity index (χ0v) is 11.2. The van der Waals surface area contributed by atoms with Crippen molar-refractivity contribution in [2.24, 2.45) is 0 Å². The quantitative estimate of drug-likeness (QED) is 0.634. The van der Waals surface area contributed by atoms with Crippen LogP contribution >= 0.6 is 0 Å². The van der Waals surface area contributed by atoms with Crippen LogP contribution in [0.25, 0.3) is 10.9 Å². The summed E-state index contributed by atoms with van der Waals surface area (Å²) in [5, 5.41) is 24.4. The molecule has 1 aromatic heterocycles. The Bertz CT molecular complexity index is 699. The van der Waals surface area contributed by atoms with Crippen molar-refractivity contribution in [2.45, 2.75) is 26.4 Å². The normalized spacial score (nSPS) is 11.6. The number of phenolic OH excluding ortho intramolecular Hbond substituents is 1. The summed E-state index contributed by atoms with van der Waals surface area (Å²) in [6.45, 7) is 5.07. The average molecular weight is 279 g/mol. The maximum Gasteiger partial charge on any atom is 0.435 e. The van der Waals surface area contributed by atoms with Gasteiger partial charge < -0.3 is 9.84 Å². The van der Waals surface area contributed by atoms with E-state index in [-0.39, 0.29) is 22.3 Å². The Kier molecular flexibility index (Phi) is 3.09. The van der Waals surface area contributed by atoms with Crippen LogP contribution in [-0.4, -0.2) is 31.5 Å². The van der Waals surface area contributed by atoms with Gasteiger partial charge in [-0.05, 0) is 20.8 Å². The number of carbonyl (C=O) groups excluding carboxylic acids is 1. The second-order valence-electron chi connectivity index (χ2n) is 5.19. The first-order valence-electron chi connectivity index (χ1n) is 5.77. The second kappa shape index (κ2) is 4.48. The summed E-state index contributed by atoms with van der Waals surface area (Å²) in [5.74, 6) is -0.325.